The van der Waals surface area contributed by atoms with Crippen LogP contribution in [0.4, 0.5) is 10.1 Å². The molecule has 2 nitrogen and oxygen atoms in total. The number of anilines is 1. The van der Waals surface area contributed by atoms with Crippen LogP contribution in [-0.2, 0) is 0 Å². The predicted octanol–water partition coefficient (Wildman–Crippen LogP) is 3.49. The molecular formula is C15H20FIN2. The zero-order valence-corrected chi connectivity index (χ0v) is 13.4. The predicted molar refractivity (Wildman–Crippen MR) is 85.1 cm³/mol. The Labute approximate surface area is 128 Å². The van der Waals surface area contributed by atoms with Gasteiger partial charge >= 0.3 is 0 Å². The molecule has 2 fully saturated rings. The van der Waals surface area contributed by atoms with E-state index < -0.39 is 0 Å². The highest BCUT2D eigenvalue weighted by Crippen LogP contribution is 2.31. The summed E-state index contributed by atoms with van der Waals surface area (Å²) in [6.07, 6.45) is 4.00. The second-order valence-electron chi connectivity index (χ2n) is 5.74. The van der Waals surface area contributed by atoms with Crippen molar-refractivity contribution >= 4 is 28.3 Å². The fraction of sp³-hybridized carbons (Fsp3) is 0.600. The van der Waals surface area contributed by atoms with E-state index in [9.17, 15) is 4.39 Å². The average Bonchev–Trinajstić information content (AvgIpc) is 2.38. The monoisotopic (exact) mass is 374 g/mol. The number of fused-ring (bicyclic) bond motifs is 1. The summed E-state index contributed by atoms with van der Waals surface area (Å²) in [7, 11) is 0. The molecule has 0 radical (unpaired) electrons. The second kappa shape index (κ2) is 5.56. The Kier molecular flexibility index (Phi) is 3.98. The van der Waals surface area contributed by atoms with E-state index in [0.717, 1.165) is 16.7 Å². The highest BCUT2D eigenvalue weighted by Gasteiger charge is 2.33. The van der Waals surface area contributed by atoms with Crippen molar-refractivity contribution in [3.8, 4) is 0 Å². The Morgan fingerprint density at radius 1 is 1.26 bits per heavy atom. The number of hydrogen-bond acceptors (Lipinski definition) is 2. The van der Waals surface area contributed by atoms with Gasteiger partial charge in [-0.05, 0) is 67.1 Å². The van der Waals surface area contributed by atoms with Gasteiger partial charge in [0.2, 0.25) is 0 Å². The first-order valence-corrected chi connectivity index (χ1v) is 8.19. The van der Waals surface area contributed by atoms with Crippen LogP contribution < -0.4 is 4.90 Å². The van der Waals surface area contributed by atoms with Gasteiger partial charge in [-0.1, -0.05) is 6.42 Å². The maximum absolute atomic E-state index is 13.2. The molecule has 2 heterocycles. The zero-order chi connectivity index (χ0) is 13.4. The van der Waals surface area contributed by atoms with E-state index in [4.69, 9.17) is 0 Å². The molecule has 2 aliphatic rings. The molecule has 1 aromatic rings. The number of nitrogens with zero attached hydrogens (tertiary/aromatic N) is 2. The molecule has 4 heteroatoms. The van der Waals surface area contributed by atoms with Crippen LogP contribution in [0.3, 0.4) is 0 Å². The number of piperidine rings is 1. The molecule has 3 rings (SSSR count). The maximum Gasteiger partial charge on any atom is 0.124 e. The van der Waals surface area contributed by atoms with Crippen LogP contribution in [0, 0.1) is 9.39 Å². The molecule has 0 saturated carbocycles. The van der Waals surface area contributed by atoms with Gasteiger partial charge in [-0.2, -0.15) is 0 Å². The largest absolute Gasteiger partial charge is 0.365 e. The van der Waals surface area contributed by atoms with E-state index in [2.05, 4.69) is 39.3 Å². The van der Waals surface area contributed by atoms with E-state index in [0.29, 0.717) is 12.1 Å². The third-order valence-corrected chi connectivity index (χ3v) is 5.27. The Morgan fingerprint density at radius 2 is 2.11 bits per heavy atom. The Hall–Kier alpha value is -0.360. The van der Waals surface area contributed by atoms with E-state index in [1.807, 2.05) is 6.07 Å². The van der Waals surface area contributed by atoms with Gasteiger partial charge in [0.05, 0.1) is 5.69 Å². The molecule has 1 aromatic carbocycles. The smallest absolute Gasteiger partial charge is 0.124 e. The normalized spacial score (nSPS) is 28.3. The molecule has 0 spiro atoms. The second-order valence-corrected chi connectivity index (χ2v) is 6.90. The lowest BCUT2D eigenvalue weighted by molar-refractivity contribution is 0.115. The maximum atomic E-state index is 13.2. The standard InChI is InChI=1S/C15H20FIN2/c1-11-9-18-7-3-2-4-13(18)10-19(11)15-6-5-12(16)8-14(15)17/h5-6,8,11,13H,2-4,7,9-10H2,1H3. The summed E-state index contributed by atoms with van der Waals surface area (Å²) in [4.78, 5) is 5.11. The zero-order valence-electron chi connectivity index (χ0n) is 11.3. The van der Waals surface area contributed by atoms with Crippen LogP contribution in [0.25, 0.3) is 0 Å². The van der Waals surface area contributed by atoms with Crippen LogP contribution in [0.5, 0.6) is 0 Å². The first-order chi connectivity index (χ1) is 9.15. The van der Waals surface area contributed by atoms with Gasteiger partial charge in [0.15, 0.2) is 0 Å². The van der Waals surface area contributed by atoms with E-state index >= 15 is 0 Å². The lowest BCUT2D eigenvalue weighted by Gasteiger charge is -2.48. The number of piperazine rings is 1. The van der Waals surface area contributed by atoms with Gasteiger partial charge < -0.3 is 4.90 Å². The molecule has 2 aliphatic heterocycles. The van der Waals surface area contributed by atoms with Gasteiger partial charge in [-0.3, -0.25) is 4.90 Å². The van der Waals surface area contributed by atoms with Crippen LogP contribution in [0.1, 0.15) is 26.2 Å². The summed E-state index contributed by atoms with van der Waals surface area (Å²) < 4.78 is 14.3. The summed E-state index contributed by atoms with van der Waals surface area (Å²) in [5.74, 6) is -0.142. The molecule has 0 aromatic heterocycles. The molecule has 0 aliphatic carbocycles. The first kappa shape index (κ1) is 13.6. The van der Waals surface area contributed by atoms with Crippen LogP contribution in [0.15, 0.2) is 18.2 Å². The summed E-state index contributed by atoms with van der Waals surface area (Å²) >= 11 is 2.25. The van der Waals surface area contributed by atoms with E-state index in [1.54, 1.807) is 12.1 Å². The third kappa shape index (κ3) is 2.75. The minimum Gasteiger partial charge on any atom is -0.365 e. The van der Waals surface area contributed by atoms with Crippen molar-refractivity contribution in [2.75, 3.05) is 24.5 Å². The fourth-order valence-electron chi connectivity index (χ4n) is 3.40. The molecule has 2 atom stereocenters. The van der Waals surface area contributed by atoms with Crippen molar-refractivity contribution in [1.29, 1.82) is 0 Å². The SMILES string of the molecule is CC1CN2CCCCC2CN1c1ccc(F)cc1I. The quantitative estimate of drug-likeness (QED) is 0.695. The van der Waals surface area contributed by atoms with Crippen LogP contribution in [0.2, 0.25) is 0 Å². The molecular weight excluding hydrogens is 354 g/mol. The van der Waals surface area contributed by atoms with Crippen molar-refractivity contribution in [3.05, 3.63) is 27.6 Å². The summed E-state index contributed by atoms with van der Waals surface area (Å²) in [5.41, 5.74) is 1.19. The van der Waals surface area contributed by atoms with Crippen LogP contribution >= 0.6 is 22.6 Å². The van der Waals surface area contributed by atoms with Gasteiger partial charge in [-0.15, -0.1) is 0 Å². The molecule has 19 heavy (non-hydrogen) atoms. The highest BCUT2D eigenvalue weighted by molar-refractivity contribution is 14.1. The summed E-state index contributed by atoms with van der Waals surface area (Å²) in [6.45, 7) is 5.76. The fourth-order valence-corrected chi connectivity index (χ4v) is 4.19. The van der Waals surface area contributed by atoms with Gasteiger partial charge in [0.25, 0.3) is 0 Å². The Bertz CT molecular complexity index is 465. The minimum atomic E-state index is -0.142. The van der Waals surface area contributed by atoms with Gasteiger partial charge in [0, 0.05) is 28.7 Å². The topological polar surface area (TPSA) is 6.48 Å². The molecule has 2 unspecified atom stereocenters. The van der Waals surface area contributed by atoms with Crippen molar-refractivity contribution in [2.24, 2.45) is 0 Å². The summed E-state index contributed by atoms with van der Waals surface area (Å²) in [5, 5.41) is 0. The summed E-state index contributed by atoms with van der Waals surface area (Å²) in [6, 6.07) is 6.35. The molecule has 0 bridgehead atoms. The lowest BCUT2D eigenvalue weighted by Crippen LogP contribution is -2.59. The Morgan fingerprint density at radius 3 is 2.89 bits per heavy atom. The van der Waals surface area contributed by atoms with E-state index in [-0.39, 0.29) is 5.82 Å². The molecule has 0 amide bonds. The average molecular weight is 374 g/mol. The molecule has 104 valence electrons. The third-order valence-electron chi connectivity index (χ3n) is 4.41. The number of benzene rings is 1. The number of rotatable bonds is 1. The molecule has 2 saturated heterocycles. The number of hydrogen-bond donors (Lipinski definition) is 0. The highest BCUT2D eigenvalue weighted by atomic mass is 127. The lowest BCUT2D eigenvalue weighted by atomic mass is 9.96. The minimum absolute atomic E-state index is 0.142. The number of halogens is 2. The van der Waals surface area contributed by atoms with Crippen molar-refractivity contribution in [2.45, 2.75) is 38.3 Å². The van der Waals surface area contributed by atoms with Crippen molar-refractivity contribution < 1.29 is 4.39 Å². The first-order valence-electron chi connectivity index (χ1n) is 7.11. The van der Waals surface area contributed by atoms with E-state index in [1.165, 1.54) is 31.5 Å². The van der Waals surface area contributed by atoms with Gasteiger partial charge in [-0.25, -0.2) is 4.39 Å². The van der Waals surface area contributed by atoms with Crippen molar-refractivity contribution in [1.82, 2.24) is 4.90 Å². The van der Waals surface area contributed by atoms with Crippen LogP contribution in [-0.4, -0.2) is 36.6 Å². The Balaban J connectivity index is 1.83. The molecule has 0 N–H and O–H groups in total. The van der Waals surface area contributed by atoms with Gasteiger partial charge in [0.1, 0.15) is 5.82 Å². The van der Waals surface area contributed by atoms with Crippen molar-refractivity contribution in [3.63, 3.8) is 0 Å².